The topological polar surface area (TPSA) is 35.5 Å². The zero-order valence-corrected chi connectivity index (χ0v) is 11.7. The lowest BCUT2D eigenvalue weighted by Crippen LogP contribution is -2.47. The lowest BCUT2D eigenvalue weighted by Gasteiger charge is -2.36. The molecule has 1 aromatic carbocycles. The minimum atomic E-state index is 0.137. The van der Waals surface area contributed by atoms with Crippen molar-refractivity contribution in [3.8, 4) is 0 Å². The smallest absolute Gasteiger partial charge is 0.173 e. The highest BCUT2D eigenvalue weighted by molar-refractivity contribution is 7.80. The summed E-state index contributed by atoms with van der Waals surface area (Å²) in [6, 6.07) is 7.61. The number of nitrogens with zero attached hydrogens (tertiary/aromatic N) is 1. The van der Waals surface area contributed by atoms with Crippen molar-refractivity contribution in [2.24, 2.45) is 0 Å². The molecule has 2 N–H and O–H groups in total. The van der Waals surface area contributed by atoms with Crippen LogP contribution in [0, 0.1) is 0 Å². The Kier molecular flexibility index (Phi) is 4.80. The van der Waals surface area contributed by atoms with Crippen molar-refractivity contribution >= 4 is 34.6 Å². The van der Waals surface area contributed by atoms with E-state index in [0.29, 0.717) is 10.1 Å². The molecule has 1 aliphatic rings. The first-order chi connectivity index (χ1) is 8.70. The molecule has 18 heavy (non-hydrogen) atoms. The van der Waals surface area contributed by atoms with Gasteiger partial charge in [-0.2, -0.15) is 0 Å². The number of benzene rings is 1. The van der Waals surface area contributed by atoms with E-state index >= 15 is 0 Å². The molecule has 0 radical (unpaired) electrons. The molecule has 0 spiro atoms. The van der Waals surface area contributed by atoms with Crippen LogP contribution in [0.25, 0.3) is 0 Å². The number of halogens is 1. The third-order valence-electron chi connectivity index (χ3n) is 3.17. The molecule has 1 aromatic rings. The maximum absolute atomic E-state index is 9.37. The van der Waals surface area contributed by atoms with E-state index in [-0.39, 0.29) is 12.6 Å². The van der Waals surface area contributed by atoms with Crippen LogP contribution in [0.4, 0.5) is 5.69 Å². The molecule has 1 aliphatic heterocycles. The van der Waals surface area contributed by atoms with Gasteiger partial charge in [0.25, 0.3) is 0 Å². The molecule has 1 saturated heterocycles. The first-order valence-corrected chi connectivity index (χ1v) is 6.93. The van der Waals surface area contributed by atoms with Crippen LogP contribution in [0.2, 0.25) is 5.02 Å². The lowest BCUT2D eigenvalue weighted by atomic mass is 10.0. The zero-order valence-electron chi connectivity index (χ0n) is 10.1. The Morgan fingerprint density at radius 2 is 2.33 bits per heavy atom. The molecule has 3 nitrogen and oxygen atoms in total. The van der Waals surface area contributed by atoms with Crippen molar-refractivity contribution < 1.29 is 5.11 Å². The lowest BCUT2D eigenvalue weighted by molar-refractivity contribution is 0.149. The van der Waals surface area contributed by atoms with Crippen LogP contribution >= 0.6 is 23.8 Å². The van der Waals surface area contributed by atoms with E-state index in [2.05, 4.69) is 10.2 Å². The number of aliphatic hydroxyl groups excluding tert-OH is 1. The van der Waals surface area contributed by atoms with Crippen LogP contribution in [0.5, 0.6) is 0 Å². The number of hydrogen-bond donors (Lipinski definition) is 2. The minimum absolute atomic E-state index is 0.137. The van der Waals surface area contributed by atoms with E-state index in [1.807, 2.05) is 24.3 Å². The number of likely N-dealkylation sites (tertiary alicyclic amines) is 1. The summed E-state index contributed by atoms with van der Waals surface area (Å²) < 4.78 is 0. The highest BCUT2D eigenvalue weighted by Gasteiger charge is 2.23. The second kappa shape index (κ2) is 6.36. The minimum Gasteiger partial charge on any atom is -0.394 e. The second-order valence-corrected chi connectivity index (χ2v) is 5.29. The van der Waals surface area contributed by atoms with Crippen molar-refractivity contribution in [1.29, 1.82) is 0 Å². The number of hydrogen-bond acceptors (Lipinski definition) is 2. The van der Waals surface area contributed by atoms with Crippen LogP contribution in [0.3, 0.4) is 0 Å². The third kappa shape index (κ3) is 3.34. The number of rotatable bonds is 2. The predicted octanol–water partition coefficient (Wildman–Crippen LogP) is 2.88. The van der Waals surface area contributed by atoms with E-state index < -0.39 is 0 Å². The second-order valence-electron chi connectivity index (χ2n) is 4.47. The molecule has 98 valence electrons. The Balaban J connectivity index is 2.02. The molecule has 0 amide bonds. The van der Waals surface area contributed by atoms with Gasteiger partial charge in [0.15, 0.2) is 5.11 Å². The van der Waals surface area contributed by atoms with Gasteiger partial charge in [0, 0.05) is 17.3 Å². The number of aliphatic hydroxyl groups is 1. The van der Waals surface area contributed by atoms with Gasteiger partial charge in [-0.1, -0.05) is 17.7 Å². The standard InChI is InChI=1S/C13H17ClN2OS/c14-10-4-3-5-11(8-10)15-13(18)16-7-2-1-6-12(16)9-17/h3-5,8,12,17H,1-2,6-7,9H2,(H,15,18)/t12-/m0/s1. The van der Waals surface area contributed by atoms with Gasteiger partial charge in [-0.25, -0.2) is 0 Å². The van der Waals surface area contributed by atoms with Gasteiger partial charge in [0.05, 0.1) is 12.6 Å². The van der Waals surface area contributed by atoms with Gasteiger partial charge < -0.3 is 15.3 Å². The quantitative estimate of drug-likeness (QED) is 0.819. The third-order valence-corrected chi connectivity index (χ3v) is 3.75. The fourth-order valence-electron chi connectivity index (χ4n) is 2.22. The Labute approximate surface area is 118 Å². The van der Waals surface area contributed by atoms with Gasteiger partial charge in [-0.3, -0.25) is 0 Å². The number of nitrogens with one attached hydrogen (secondary N) is 1. The van der Waals surface area contributed by atoms with Crippen LogP contribution in [-0.4, -0.2) is 34.3 Å². The summed E-state index contributed by atoms with van der Waals surface area (Å²) in [5.41, 5.74) is 0.884. The molecule has 0 saturated carbocycles. The average Bonchev–Trinajstić information content (AvgIpc) is 2.38. The number of anilines is 1. The molecule has 0 aliphatic carbocycles. The Hall–Kier alpha value is -0.840. The average molecular weight is 285 g/mol. The molecule has 1 heterocycles. The Morgan fingerprint density at radius 3 is 3.06 bits per heavy atom. The van der Waals surface area contributed by atoms with E-state index in [9.17, 15) is 5.11 Å². The normalized spacial score (nSPS) is 19.7. The first-order valence-electron chi connectivity index (χ1n) is 6.15. The van der Waals surface area contributed by atoms with Crippen molar-refractivity contribution in [2.45, 2.75) is 25.3 Å². The van der Waals surface area contributed by atoms with Crippen molar-refractivity contribution in [2.75, 3.05) is 18.5 Å². The van der Waals surface area contributed by atoms with E-state index in [4.69, 9.17) is 23.8 Å². The molecule has 0 bridgehead atoms. The summed E-state index contributed by atoms with van der Waals surface area (Å²) in [5, 5.41) is 13.9. The van der Waals surface area contributed by atoms with Gasteiger partial charge in [0.1, 0.15) is 0 Å². The highest BCUT2D eigenvalue weighted by Crippen LogP contribution is 2.20. The molecule has 5 heteroatoms. The summed E-state index contributed by atoms with van der Waals surface area (Å²) in [6.45, 7) is 1.05. The molecular weight excluding hydrogens is 268 g/mol. The number of piperidine rings is 1. The van der Waals surface area contributed by atoms with E-state index in [1.165, 1.54) is 0 Å². The molecular formula is C13H17ClN2OS. The summed E-state index contributed by atoms with van der Waals surface area (Å²) in [4.78, 5) is 2.07. The van der Waals surface area contributed by atoms with Crippen LogP contribution in [0.15, 0.2) is 24.3 Å². The monoisotopic (exact) mass is 284 g/mol. The molecule has 1 fully saturated rings. The fraction of sp³-hybridized carbons (Fsp3) is 0.462. The van der Waals surface area contributed by atoms with Crippen molar-refractivity contribution in [3.05, 3.63) is 29.3 Å². The van der Waals surface area contributed by atoms with E-state index in [0.717, 1.165) is 31.5 Å². The molecule has 0 aromatic heterocycles. The summed E-state index contributed by atoms with van der Waals surface area (Å²) >= 11 is 11.3. The van der Waals surface area contributed by atoms with Crippen molar-refractivity contribution in [3.63, 3.8) is 0 Å². The largest absolute Gasteiger partial charge is 0.394 e. The van der Waals surface area contributed by atoms with Gasteiger partial charge in [-0.15, -0.1) is 0 Å². The maximum atomic E-state index is 9.37. The maximum Gasteiger partial charge on any atom is 0.173 e. The van der Waals surface area contributed by atoms with Crippen LogP contribution < -0.4 is 5.32 Å². The molecule has 0 unspecified atom stereocenters. The Morgan fingerprint density at radius 1 is 1.50 bits per heavy atom. The zero-order chi connectivity index (χ0) is 13.0. The SMILES string of the molecule is OC[C@@H]1CCCCN1C(=S)Nc1cccc(Cl)c1. The molecule has 1 atom stereocenters. The van der Waals surface area contributed by atoms with E-state index in [1.54, 1.807) is 0 Å². The summed E-state index contributed by atoms with van der Waals surface area (Å²) in [5.74, 6) is 0. The summed E-state index contributed by atoms with van der Waals surface area (Å²) in [6.07, 6.45) is 3.27. The molecule has 2 rings (SSSR count). The van der Waals surface area contributed by atoms with Gasteiger partial charge in [-0.05, 0) is 49.7 Å². The number of thiocarbonyl (C=S) groups is 1. The van der Waals surface area contributed by atoms with Crippen LogP contribution in [-0.2, 0) is 0 Å². The van der Waals surface area contributed by atoms with Crippen molar-refractivity contribution in [1.82, 2.24) is 4.90 Å². The summed E-state index contributed by atoms with van der Waals surface area (Å²) in [7, 11) is 0. The van der Waals surface area contributed by atoms with Crippen LogP contribution in [0.1, 0.15) is 19.3 Å². The van der Waals surface area contributed by atoms with Gasteiger partial charge in [0.2, 0.25) is 0 Å². The fourth-order valence-corrected chi connectivity index (χ4v) is 2.77. The van der Waals surface area contributed by atoms with Gasteiger partial charge >= 0.3 is 0 Å². The predicted molar refractivity (Wildman–Crippen MR) is 79.1 cm³/mol. The Bertz CT molecular complexity index is 427. The first kappa shape index (κ1) is 13.6. The highest BCUT2D eigenvalue weighted by atomic mass is 35.5.